The number of hydrogen-bond acceptors (Lipinski definition) is 4. The maximum Gasteiger partial charge on any atom is 0.266 e. The Morgan fingerprint density at radius 1 is 1.07 bits per heavy atom. The number of halogens is 2. The zero-order valence-corrected chi connectivity index (χ0v) is 15.1. The topological polar surface area (TPSA) is 68.0 Å². The van der Waals surface area contributed by atoms with Gasteiger partial charge in [0.25, 0.3) is 5.56 Å². The molecule has 0 aliphatic heterocycles. The largest absolute Gasteiger partial charge is 0.507 e. The molecule has 4 rings (SSSR count). The highest BCUT2D eigenvalue weighted by molar-refractivity contribution is 6.31. The predicted octanol–water partition coefficient (Wildman–Crippen LogP) is 4.45. The third-order valence-corrected chi connectivity index (χ3v) is 4.48. The van der Waals surface area contributed by atoms with Gasteiger partial charge >= 0.3 is 0 Å². The van der Waals surface area contributed by atoms with Gasteiger partial charge in [-0.05, 0) is 48.6 Å². The van der Waals surface area contributed by atoms with Crippen molar-refractivity contribution in [3.63, 3.8) is 0 Å². The summed E-state index contributed by atoms with van der Waals surface area (Å²) in [6.07, 6.45) is 4.72. The normalized spacial score (nSPS) is 11.4. The van der Waals surface area contributed by atoms with Crippen molar-refractivity contribution < 1.29 is 9.50 Å². The van der Waals surface area contributed by atoms with Gasteiger partial charge < -0.3 is 5.11 Å². The molecule has 0 saturated carbocycles. The second kappa shape index (κ2) is 7.25. The van der Waals surface area contributed by atoms with Crippen molar-refractivity contribution >= 4 is 34.7 Å². The molecule has 5 nitrogen and oxygen atoms in total. The average molecular weight is 394 g/mol. The van der Waals surface area contributed by atoms with Crippen molar-refractivity contribution in [2.24, 2.45) is 0 Å². The van der Waals surface area contributed by atoms with Crippen molar-refractivity contribution in [3.05, 3.63) is 93.5 Å². The van der Waals surface area contributed by atoms with Crippen LogP contribution in [0.1, 0.15) is 11.4 Å². The number of phenols is 1. The van der Waals surface area contributed by atoms with Gasteiger partial charge in [-0.15, -0.1) is 0 Å². The molecule has 0 bridgehead atoms. The fourth-order valence-corrected chi connectivity index (χ4v) is 3.06. The lowest BCUT2D eigenvalue weighted by Crippen LogP contribution is -2.23. The Morgan fingerprint density at radius 3 is 2.68 bits per heavy atom. The van der Waals surface area contributed by atoms with Gasteiger partial charge in [0.1, 0.15) is 17.4 Å². The standard InChI is InChI=1S/C21H13ClFN3O2/c22-20-17(5-3-11-24-20)26-19(10-7-13-4-1-2-6-18(13)27)25-16-9-8-14(23)12-15(16)21(26)28/h1-12,27H. The van der Waals surface area contributed by atoms with Gasteiger partial charge in [-0.3, -0.25) is 9.36 Å². The van der Waals surface area contributed by atoms with Crippen LogP contribution in [0.5, 0.6) is 5.75 Å². The van der Waals surface area contributed by atoms with E-state index in [4.69, 9.17) is 11.6 Å². The average Bonchev–Trinajstić information content (AvgIpc) is 2.69. The van der Waals surface area contributed by atoms with Gasteiger partial charge in [-0.2, -0.15) is 0 Å². The SMILES string of the molecule is O=c1c2cc(F)ccc2nc(C=Cc2ccccc2O)n1-c1cccnc1Cl. The van der Waals surface area contributed by atoms with Crippen molar-refractivity contribution in [3.8, 4) is 11.4 Å². The lowest BCUT2D eigenvalue weighted by Gasteiger charge is -2.12. The number of pyridine rings is 1. The molecule has 0 fully saturated rings. The van der Waals surface area contributed by atoms with E-state index in [2.05, 4.69) is 9.97 Å². The molecule has 0 aliphatic carbocycles. The molecule has 28 heavy (non-hydrogen) atoms. The van der Waals surface area contributed by atoms with E-state index < -0.39 is 11.4 Å². The van der Waals surface area contributed by atoms with E-state index in [9.17, 15) is 14.3 Å². The minimum absolute atomic E-state index is 0.0925. The molecule has 0 radical (unpaired) electrons. The Kier molecular flexibility index (Phi) is 4.63. The first kappa shape index (κ1) is 17.9. The number of hydrogen-bond donors (Lipinski definition) is 1. The van der Waals surface area contributed by atoms with E-state index in [0.717, 1.165) is 6.07 Å². The fourth-order valence-electron chi connectivity index (χ4n) is 2.86. The maximum atomic E-state index is 13.7. The number of rotatable bonds is 3. The highest BCUT2D eigenvalue weighted by Gasteiger charge is 2.14. The number of aromatic nitrogens is 3. The third-order valence-electron chi connectivity index (χ3n) is 4.19. The van der Waals surface area contributed by atoms with Crippen LogP contribution in [0.3, 0.4) is 0 Å². The van der Waals surface area contributed by atoms with Gasteiger partial charge in [-0.1, -0.05) is 29.8 Å². The molecule has 0 atom stereocenters. The Labute approximate surface area is 164 Å². The van der Waals surface area contributed by atoms with Crippen LogP contribution in [0.4, 0.5) is 4.39 Å². The lowest BCUT2D eigenvalue weighted by molar-refractivity contribution is 0.474. The molecule has 2 aromatic heterocycles. The molecule has 0 aliphatic rings. The highest BCUT2D eigenvalue weighted by atomic mass is 35.5. The fraction of sp³-hybridized carbons (Fsp3) is 0. The first-order chi connectivity index (χ1) is 13.5. The van der Waals surface area contributed by atoms with Crippen LogP contribution in [0, 0.1) is 5.82 Å². The summed E-state index contributed by atoms with van der Waals surface area (Å²) in [7, 11) is 0. The molecule has 2 heterocycles. The number of benzene rings is 2. The molecule has 138 valence electrons. The highest BCUT2D eigenvalue weighted by Crippen LogP contribution is 2.22. The van der Waals surface area contributed by atoms with E-state index in [1.807, 2.05) is 0 Å². The Balaban J connectivity index is 2.00. The summed E-state index contributed by atoms with van der Waals surface area (Å²) >= 11 is 6.19. The van der Waals surface area contributed by atoms with E-state index in [0.29, 0.717) is 16.8 Å². The second-order valence-corrected chi connectivity index (χ2v) is 6.34. The summed E-state index contributed by atoms with van der Waals surface area (Å²) in [5, 5.41) is 10.2. The third kappa shape index (κ3) is 3.25. The molecule has 4 aromatic rings. The predicted molar refractivity (Wildman–Crippen MR) is 107 cm³/mol. The summed E-state index contributed by atoms with van der Waals surface area (Å²) in [5.74, 6) is -0.176. The van der Waals surface area contributed by atoms with Crippen LogP contribution in [0.25, 0.3) is 28.7 Å². The van der Waals surface area contributed by atoms with Crippen molar-refractivity contribution in [2.45, 2.75) is 0 Å². The summed E-state index contributed by atoms with van der Waals surface area (Å²) in [4.78, 5) is 21.6. The van der Waals surface area contributed by atoms with Crippen LogP contribution in [0.2, 0.25) is 5.15 Å². The van der Waals surface area contributed by atoms with Crippen molar-refractivity contribution in [1.82, 2.24) is 14.5 Å². The Hall–Kier alpha value is -3.51. The molecule has 0 amide bonds. The van der Waals surface area contributed by atoms with E-state index >= 15 is 0 Å². The second-order valence-electron chi connectivity index (χ2n) is 5.98. The number of fused-ring (bicyclic) bond motifs is 1. The van der Waals surface area contributed by atoms with E-state index in [1.165, 1.54) is 22.9 Å². The zero-order chi connectivity index (χ0) is 19.7. The van der Waals surface area contributed by atoms with Gasteiger partial charge in [0.05, 0.1) is 16.6 Å². The van der Waals surface area contributed by atoms with Crippen LogP contribution in [-0.4, -0.2) is 19.6 Å². The van der Waals surface area contributed by atoms with Gasteiger partial charge in [-0.25, -0.2) is 14.4 Å². The van der Waals surface area contributed by atoms with Crippen LogP contribution in [-0.2, 0) is 0 Å². The number of para-hydroxylation sites is 1. The van der Waals surface area contributed by atoms with Crippen molar-refractivity contribution in [2.75, 3.05) is 0 Å². The minimum Gasteiger partial charge on any atom is -0.507 e. The quantitative estimate of drug-likeness (QED) is 0.522. The lowest BCUT2D eigenvalue weighted by atomic mass is 10.2. The molecule has 1 N–H and O–H groups in total. The van der Waals surface area contributed by atoms with E-state index in [-0.39, 0.29) is 22.1 Å². The smallest absolute Gasteiger partial charge is 0.266 e. The molecule has 0 spiro atoms. The number of nitrogens with zero attached hydrogens (tertiary/aromatic N) is 3. The van der Waals surface area contributed by atoms with Gasteiger partial charge in [0.15, 0.2) is 5.15 Å². The Bertz CT molecular complexity index is 1280. The zero-order valence-electron chi connectivity index (χ0n) is 14.4. The minimum atomic E-state index is -0.535. The summed E-state index contributed by atoms with van der Waals surface area (Å²) in [6, 6.07) is 13.9. The van der Waals surface area contributed by atoms with Crippen LogP contribution < -0.4 is 5.56 Å². The number of aromatic hydroxyl groups is 1. The molecule has 2 aromatic carbocycles. The Morgan fingerprint density at radius 2 is 1.89 bits per heavy atom. The molecular formula is C21H13ClFN3O2. The monoisotopic (exact) mass is 393 g/mol. The summed E-state index contributed by atoms with van der Waals surface area (Å²) in [6.45, 7) is 0. The van der Waals surface area contributed by atoms with Crippen LogP contribution >= 0.6 is 11.6 Å². The van der Waals surface area contributed by atoms with Gasteiger partial charge in [0, 0.05) is 11.8 Å². The summed E-state index contributed by atoms with van der Waals surface area (Å²) < 4.78 is 15.0. The molecule has 0 unspecified atom stereocenters. The first-order valence-corrected chi connectivity index (χ1v) is 8.71. The molecule has 7 heteroatoms. The molecular weight excluding hydrogens is 381 g/mol. The molecule has 0 saturated heterocycles. The van der Waals surface area contributed by atoms with E-state index in [1.54, 1.807) is 48.6 Å². The maximum absolute atomic E-state index is 13.7. The number of phenolic OH excluding ortho intramolecular Hbond substituents is 1. The van der Waals surface area contributed by atoms with Crippen LogP contribution in [0.15, 0.2) is 65.6 Å². The van der Waals surface area contributed by atoms with Gasteiger partial charge in [0.2, 0.25) is 0 Å². The summed E-state index contributed by atoms with van der Waals surface area (Å²) in [5.41, 5.74) is 0.750. The first-order valence-electron chi connectivity index (χ1n) is 8.34. The van der Waals surface area contributed by atoms with Crippen molar-refractivity contribution in [1.29, 1.82) is 0 Å².